The predicted molar refractivity (Wildman–Crippen MR) is 149 cm³/mol. The van der Waals surface area contributed by atoms with Crippen molar-refractivity contribution in [1.82, 2.24) is 9.55 Å². The molecule has 6 aromatic rings. The van der Waals surface area contributed by atoms with Gasteiger partial charge in [0.15, 0.2) is 0 Å². The van der Waals surface area contributed by atoms with Crippen LogP contribution in [0.5, 0.6) is 0 Å². The van der Waals surface area contributed by atoms with Crippen LogP contribution in [0.4, 0.5) is 0 Å². The Kier molecular flexibility index (Phi) is 4.71. The molecule has 0 saturated carbocycles. The Morgan fingerprint density at radius 2 is 1.69 bits per heavy atom. The van der Waals surface area contributed by atoms with Crippen LogP contribution < -0.4 is 0 Å². The lowest BCUT2D eigenvalue weighted by Gasteiger charge is -2.13. The van der Waals surface area contributed by atoms with Crippen molar-refractivity contribution in [2.45, 2.75) is 19.8 Å². The number of imidazole rings is 1. The van der Waals surface area contributed by atoms with E-state index in [0.717, 1.165) is 41.0 Å². The van der Waals surface area contributed by atoms with Crippen LogP contribution in [-0.4, -0.2) is 9.55 Å². The molecule has 35 heavy (non-hydrogen) atoms. The summed E-state index contributed by atoms with van der Waals surface area (Å²) in [6.45, 7) is 2.22. The highest BCUT2D eigenvalue weighted by atomic mass is 32.1. The molecule has 0 aliphatic heterocycles. The number of thiophene rings is 1. The van der Waals surface area contributed by atoms with Gasteiger partial charge in [-0.2, -0.15) is 0 Å². The maximum atomic E-state index is 5.05. The highest BCUT2D eigenvalue weighted by molar-refractivity contribution is 7.20. The van der Waals surface area contributed by atoms with E-state index in [1.165, 1.54) is 37.2 Å². The lowest BCUT2D eigenvalue weighted by Crippen LogP contribution is -1.98. The molecule has 0 bridgehead atoms. The summed E-state index contributed by atoms with van der Waals surface area (Å²) in [5.74, 6) is 0.974. The monoisotopic (exact) mass is 468 g/mol. The van der Waals surface area contributed by atoms with E-state index in [9.17, 15) is 0 Å². The van der Waals surface area contributed by atoms with Gasteiger partial charge >= 0.3 is 0 Å². The van der Waals surface area contributed by atoms with Crippen LogP contribution in [0.3, 0.4) is 0 Å². The SMILES string of the molecule is Cc1cc(-c2nc3ccccc3n2-c2ccccc2)ccc1-c1cccc2c3c(sc12)C=CCC3. The van der Waals surface area contributed by atoms with Gasteiger partial charge in [0.05, 0.1) is 11.0 Å². The Bertz CT molecular complexity index is 1750. The van der Waals surface area contributed by atoms with E-state index >= 15 is 0 Å². The number of hydrogen-bond acceptors (Lipinski definition) is 2. The molecule has 0 N–H and O–H groups in total. The smallest absolute Gasteiger partial charge is 0.145 e. The summed E-state index contributed by atoms with van der Waals surface area (Å²) in [5, 5.41) is 1.42. The Morgan fingerprint density at radius 1 is 0.829 bits per heavy atom. The highest BCUT2D eigenvalue weighted by Gasteiger charge is 2.18. The largest absolute Gasteiger partial charge is 0.292 e. The van der Waals surface area contributed by atoms with Gasteiger partial charge in [-0.25, -0.2) is 4.98 Å². The first-order chi connectivity index (χ1) is 17.3. The molecule has 0 fully saturated rings. The molecule has 2 aromatic heterocycles. The maximum absolute atomic E-state index is 5.05. The normalized spacial score (nSPS) is 12.9. The summed E-state index contributed by atoms with van der Waals surface area (Å²) in [7, 11) is 0. The molecule has 0 unspecified atom stereocenters. The minimum Gasteiger partial charge on any atom is -0.292 e. The van der Waals surface area contributed by atoms with Crippen molar-refractivity contribution >= 4 is 38.5 Å². The Morgan fingerprint density at radius 3 is 2.57 bits per heavy atom. The lowest BCUT2D eigenvalue weighted by molar-refractivity contribution is 1.01. The summed E-state index contributed by atoms with van der Waals surface area (Å²) >= 11 is 1.93. The summed E-state index contributed by atoms with van der Waals surface area (Å²) in [6.07, 6.45) is 6.88. The molecule has 0 saturated heterocycles. The average molecular weight is 469 g/mol. The molecule has 2 heterocycles. The third-order valence-corrected chi connectivity index (χ3v) is 8.28. The van der Waals surface area contributed by atoms with E-state index < -0.39 is 0 Å². The number of fused-ring (bicyclic) bond motifs is 4. The van der Waals surface area contributed by atoms with Gasteiger partial charge in [-0.1, -0.05) is 66.7 Å². The molecule has 0 radical (unpaired) electrons. The molecule has 0 amide bonds. The molecule has 1 aliphatic rings. The van der Waals surface area contributed by atoms with Gasteiger partial charge < -0.3 is 0 Å². The van der Waals surface area contributed by atoms with Crippen molar-refractivity contribution in [3.63, 3.8) is 0 Å². The summed E-state index contributed by atoms with van der Waals surface area (Å²) in [4.78, 5) is 6.48. The maximum Gasteiger partial charge on any atom is 0.145 e. The number of para-hydroxylation sites is 3. The van der Waals surface area contributed by atoms with Gasteiger partial charge in [-0.3, -0.25) is 4.57 Å². The van der Waals surface area contributed by atoms with E-state index in [1.807, 2.05) is 11.3 Å². The minimum atomic E-state index is 0.974. The number of allylic oxidation sites excluding steroid dienone is 1. The molecule has 168 valence electrons. The first-order valence-corrected chi connectivity index (χ1v) is 12.9. The number of aryl methyl sites for hydroxylation is 2. The zero-order chi connectivity index (χ0) is 23.4. The second kappa shape index (κ2) is 8.07. The van der Waals surface area contributed by atoms with Gasteiger partial charge in [0.25, 0.3) is 0 Å². The number of benzene rings is 4. The summed E-state index contributed by atoms with van der Waals surface area (Å²) in [6, 6.07) is 32.5. The van der Waals surface area contributed by atoms with Gasteiger partial charge in [-0.05, 0) is 83.8 Å². The molecule has 3 heteroatoms. The fraction of sp³-hybridized carbons (Fsp3) is 0.0938. The first kappa shape index (κ1) is 20.4. The quantitative estimate of drug-likeness (QED) is 0.254. The van der Waals surface area contributed by atoms with E-state index in [1.54, 1.807) is 0 Å². The Labute approximate surface area is 208 Å². The lowest BCUT2D eigenvalue weighted by atomic mass is 9.95. The van der Waals surface area contributed by atoms with Crippen molar-refractivity contribution in [3.05, 3.63) is 113 Å². The topological polar surface area (TPSA) is 17.8 Å². The average Bonchev–Trinajstić information content (AvgIpc) is 3.48. The van der Waals surface area contributed by atoms with Crippen LogP contribution in [-0.2, 0) is 6.42 Å². The number of rotatable bonds is 3. The van der Waals surface area contributed by atoms with Gasteiger partial charge in [0.2, 0.25) is 0 Å². The molecular formula is C32H24N2S. The van der Waals surface area contributed by atoms with Crippen LogP contribution in [0.2, 0.25) is 0 Å². The van der Waals surface area contributed by atoms with E-state index in [2.05, 4.69) is 115 Å². The van der Waals surface area contributed by atoms with Crippen molar-refractivity contribution in [1.29, 1.82) is 0 Å². The molecule has 7 rings (SSSR count). The van der Waals surface area contributed by atoms with Crippen LogP contribution >= 0.6 is 11.3 Å². The standard InChI is InChI=1S/C32H24N2S/c1-21-20-22(32-33-28-15-6-7-16-29(28)34(32)23-10-3-2-4-11-23)18-19-24(21)26-13-9-14-27-25-12-5-8-17-30(25)35-31(26)27/h2-4,6-11,13-20H,5,12H2,1H3. The van der Waals surface area contributed by atoms with Crippen molar-refractivity contribution in [2.75, 3.05) is 0 Å². The molecule has 0 spiro atoms. The van der Waals surface area contributed by atoms with E-state index in [-0.39, 0.29) is 0 Å². The summed E-state index contributed by atoms with van der Waals surface area (Å²) in [5.41, 5.74) is 9.79. The Hall–Kier alpha value is -3.95. The van der Waals surface area contributed by atoms with Gasteiger partial charge in [0, 0.05) is 20.8 Å². The molecule has 4 aromatic carbocycles. The van der Waals surface area contributed by atoms with Crippen molar-refractivity contribution in [2.24, 2.45) is 0 Å². The summed E-state index contributed by atoms with van der Waals surface area (Å²) < 4.78 is 3.67. The van der Waals surface area contributed by atoms with Gasteiger partial charge in [-0.15, -0.1) is 11.3 Å². The molecule has 2 nitrogen and oxygen atoms in total. The van der Waals surface area contributed by atoms with Crippen LogP contribution in [0.15, 0.2) is 97.1 Å². The predicted octanol–water partition coefficient (Wildman–Crippen LogP) is 8.84. The third-order valence-electron chi connectivity index (χ3n) is 7.03. The highest BCUT2D eigenvalue weighted by Crippen LogP contribution is 2.42. The Balaban J connectivity index is 1.40. The van der Waals surface area contributed by atoms with E-state index in [4.69, 9.17) is 4.98 Å². The second-order valence-corrected chi connectivity index (χ2v) is 10.2. The zero-order valence-corrected chi connectivity index (χ0v) is 20.3. The number of aromatic nitrogens is 2. The van der Waals surface area contributed by atoms with Crippen molar-refractivity contribution in [3.8, 4) is 28.2 Å². The minimum absolute atomic E-state index is 0.974. The molecule has 1 aliphatic carbocycles. The van der Waals surface area contributed by atoms with Gasteiger partial charge in [0.1, 0.15) is 5.82 Å². The fourth-order valence-corrected chi connectivity index (χ4v) is 6.68. The fourth-order valence-electron chi connectivity index (χ4n) is 5.37. The first-order valence-electron chi connectivity index (χ1n) is 12.1. The molecule has 0 atom stereocenters. The second-order valence-electron chi connectivity index (χ2n) is 9.19. The van der Waals surface area contributed by atoms with Crippen LogP contribution in [0.1, 0.15) is 22.4 Å². The molecular weight excluding hydrogens is 444 g/mol. The van der Waals surface area contributed by atoms with Crippen molar-refractivity contribution < 1.29 is 0 Å². The number of hydrogen-bond donors (Lipinski definition) is 0. The third kappa shape index (κ3) is 3.27. The van der Waals surface area contributed by atoms with Crippen LogP contribution in [0.25, 0.3) is 55.4 Å². The zero-order valence-electron chi connectivity index (χ0n) is 19.5. The number of nitrogens with zero attached hydrogens (tertiary/aromatic N) is 2. The van der Waals surface area contributed by atoms with E-state index in [0.29, 0.717) is 0 Å². The van der Waals surface area contributed by atoms with Crippen LogP contribution in [0, 0.1) is 6.92 Å².